The highest BCUT2D eigenvalue weighted by Gasteiger charge is 2.06. The molecule has 2 aromatic rings. The third-order valence-electron chi connectivity index (χ3n) is 2.50. The van der Waals surface area contributed by atoms with E-state index in [1.54, 1.807) is 18.0 Å². The standard InChI is InChI=1S/C12H14N2O2/c1-14-12(3-4-13-14)10-5-9(8-15)6-11(7-10)16-2/h3-7,15H,8H2,1-2H3. The van der Waals surface area contributed by atoms with Gasteiger partial charge < -0.3 is 9.84 Å². The van der Waals surface area contributed by atoms with E-state index in [2.05, 4.69) is 5.10 Å². The number of methoxy groups -OCH3 is 1. The zero-order chi connectivity index (χ0) is 11.5. The van der Waals surface area contributed by atoms with Gasteiger partial charge in [0, 0.05) is 18.8 Å². The third kappa shape index (κ3) is 1.92. The molecular formula is C12H14N2O2. The maximum Gasteiger partial charge on any atom is 0.119 e. The SMILES string of the molecule is COc1cc(CO)cc(-c2ccnn2C)c1. The van der Waals surface area contributed by atoms with E-state index < -0.39 is 0 Å². The molecular weight excluding hydrogens is 204 g/mol. The monoisotopic (exact) mass is 218 g/mol. The van der Waals surface area contributed by atoms with E-state index in [1.807, 2.05) is 31.3 Å². The van der Waals surface area contributed by atoms with Crippen molar-refractivity contribution in [2.75, 3.05) is 7.11 Å². The Bertz CT molecular complexity index is 469. The Morgan fingerprint density at radius 2 is 2.19 bits per heavy atom. The lowest BCUT2D eigenvalue weighted by Gasteiger charge is -2.08. The molecule has 0 aliphatic heterocycles. The first-order valence-corrected chi connectivity index (χ1v) is 5.02. The first-order chi connectivity index (χ1) is 7.74. The first kappa shape index (κ1) is 10.7. The molecule has 1 aromatic heterocycles. The van der Waals surface area contributed by atoms with E-state index in [1.165, 1.54) is 0 Å². The lowest BCUT2D eigenvalue weighted by Crippen LogP contribution is -1.95. The molecule has 0 saturated carbocycles. The van der Waals surface area contributed by atoms with Crippen molar-refractivity contribution in [1.82, 2.24) is 9.78 Å². The minimum atomic E-state index is 0.00204. The number of ether oxygens (including phenoxy) is 1. The van der Waals surface area contributed by atoms with Crippen LogP contribution < -0.4 is 4.74 Å². The summed E-state index contributed by atoms with van der Waals surface area (Å²) in [6.07, 6.45) is 1.74. The zero-order valence-electron chi connectivity index (χ0n) is 9.34. The van der Waals surface area contributed by atoms with Crippen LogP contribution in [-0.2, 0) is 13.7 Å². The summed E-state index contributed by atoms with van der Waals surface area (Å²) in [6.45, 7) is 0.00204. The van der Waals surface area contributed by atoms with Gasteiger partial charge in [0.05, 0.1) is 19.4 Å². The second-order valence-electron chi connectivity index (χ2n) is 3.57. The number of benzene rings is 1. The van der Waals surface area contributed by atoms with Crippen LogP contribution in [0.15, 0.2) is 30.5 Å². The van der Waals surface area contributed by atoms with Gasteiger partial charge in [0.2, 0.25) is 0 Å². The highest BCUT2D eigenvalue weighted by molar-refractivity contribution is 5.62. The Morgan fingerprint density at radius 3 is 2.75 bits per heavy atom. The van der Waals surface area contributed by atoms with Gasteiger partial charge in [-0.05, 0) is 29.8 Å². The van der Waals surface area contributed by atoms with Crippen molar-refractivity contribution in [3.05, 3.63) is 36.0 Å². The van der Waals surface area contributed by atoms with Gasteiger partial charge in [-0.1, -0.05) is 0 Å². The molecule has 0 fully saturated rings. The fourth-order valence-corrected chi connectivity index (χ4v) is 1.67. The fraction of sp³-hybridized carbons (Fsp3) is 0.250. The number of hydrogen-bond donors (Lipinski definition) is 1. The highest BCUT2D eigenvalue weighted by Crippen LogP contribution is 2.25. The van der Waals surface area contributed by atoms with Crippen molar-refractivity contribution >= 4 is 0 Å². The van der Waals surface area contributed by atoms with Crippen molar-refractivity contribution in [2.45, 2.75) is 6.61 Å². The third-order valence-corrected chi connectivity index (χ3v) is 2.50. The van der Waals surface area contributed by atoms with Gasteiger partial charge in [0.25, 0.3) is 0 Å². The molecule has 1 heterocycles. The molecule has 4 heteroatoms. The number of aliphatic hydroxyl groups is 1. The lowest BCUT2D eigenvalue weighted by molar-refractivity contribution is 0.281. The second-order valence-corrected chi connectivity index (χ2v) is 3.57. The Hall–Kier alpha value is -1.81. The lowest BCUT2D eigenvalue weighted by atomic mass is 10.1. The molecule has 0 atom stereocenters. The number of rotatable bonds is 3. The molecule has 0 spiro atoms. The van der Waals surface area contributed by atoms with Crippen molar-refractivity contribution in [2.24, 2.45) is 7.05 Å². The molecule has 0 amide bonds. The largest absolute Gasteiger partial charge is 0.497 e. The normalized spacial score (nSPS) is 10.4. The van der Waals surface area contributed by atoms with Gasteiger partial charge in [0.1, 0.15) is 5.75 Å². The van der Waals surface area contributed by atoms with Gasteiger partial charge in [-0.3, -0.25) is 4.68 Å². The number of hydrogen-bond acceptors (Lipinski definition) is 3. The molecule has 0 aliphatic rings. The van der Waals surface area contributed by atoms with Crippen LogP contribution in [0.4, 0.5) is 0 Å². The van der Waals surface area contributed by atoms with Crippen LogP contribution in [0.5, 0.6) is 5.75 Å². The van der Waals surface area contributed by atoms with E-state index in [0.29, 0.717) is 0 Å². The van der Waals surface area contributed by atoms with E-state index in [0.717, 1.165) is 22.6 Å². The molecule has 4 nitrogen and oxygen atoms in total. The maximum atomic E-state index is 9.17. The van der Waals surface area contributed by atoms with Crippen molar-refractivity contribution in [1.29, 1.82) is 0 Å². The highest BCUT2D eigenvalue weighted by atomic mass is 16.5. The van der Waals surface area contributed by atoms with Crippen LogP contribution in [-0.4, -0.2) is 22.0 Å². The topological polar surface area (TPSA) is 47.3 Å². The van der Waals surface area contributed by atoms with Gasteiger partial charge in [0.15, 0.2) is 0 Å². The van der Waals surface area contributed by atoms with Crippen LogP contribution in [0.3, 0.4) is 0 Å². The summed E-state index contributed by atoms with van der Waals surface area (Å²) < 4.78 is 6.98. The van der Waals surface area contributed by atoms with Gasteiger partial charge in [-0.25, -0.2) is 0 Å². The minimum Gasteiger partial charge on any atom is -0.497 e. The quantitative estimate of drug-likeness (QED) is 0.851. The molecule has 1 aromatic carbocycles. The predicted molar refractivity (Wildman–Crippen MR) is 61.1 cm³/mol. The van der Waals surface area contributed by atoms with Gasteiger partial charge >= 0.3 is 0 Å². The van der Waals surface area contributed by atoms with Crippen LogP contribution in [0.2, 0.25) is 0 Å². The summed E-state index contributed by atoms with van der Waals surface area (Å²) in [6, 6.07) is 7.60. The Balaban J connectivity index is 2.52. The molecule has 0 saturated heterocycles. The minimum absolute atomic E-state index is 0.00204. The summed E-state index contributed by atoms with van der Waals surface area (Å²) >= 11 is 0. The summed E-state index contributed by atoms with van der Waals surface area (Å²) in [7, 11) is 3.50. The number of aryl methyl sites for hydroxylation is 1. The fourth-order valence-electron chi connectivity index (χ4n) is 1.67. The number of aliphatic hydroxyl groups excluding tert-OH is 1. The van der Waals surface area contributed by atoms with E-state index in [9.17, 15) is 5.11 Å². The summed E-state index contributed by atoms with van der Waals surface area (Å²) in [5, 5.41) is 13.3. The average molecular weight is 218 g/mol. The Labute approximate surface area is 94.1 Å². The molecule has 0 bridgehead atoms. The van der Waals surface area contributed by atoms with Crippen molar-refractivity contribution < 1.29 is 9.84 Å². The molecule has 0 radical (unpaired) electrons. The van der Waals surface area contributed by atoms with E-state index >= 15 is 0 Å². The molecule has 16 heavy (non-hydrogen) atoms. The zero-order valence-corrected chi connectivity index (χ0v) is 9.34. The molecule has 1 N–H and O–H groups in total. The Kier molecular flexibility index (Phi) is 2.92. The predicted octanol–water partition coefficient (Wildman–Crippen LogP) is 1.59. The average Bonchev–Trinajstić information content (AvgIpc) is 2.74. The van der Waals surface area contributed by atoms with Crippen LogP contribution in [0, 0.1) is 0 Å². The summed E-state index contributed by atoms with van der Waals surface area (Å²) in [5.74, 6) is 0.739. The molecule has 2 rings (SSSR count). The summed E-state index contributed by atoms with van der Waals surface area (Å²) in [4.78, 5) is 0. The number of nitrogens with zero attached hydrogens (tertiary/aromatic N) is 2. The molecule has 0 unspecified atom stereocenters. The smallest absolute Gasteiger partial charge is 0.119 e. The maximum absolute atomic E-state index is 9.17. The van der Waals surface area contributed by atoms with Crippen molar-refractivity contribution in [3.8, 4) is 17.0 Å². The van der Waals surface area contributed by atoms with Gasteiger partial charge in [-0.15, -0.1) is 0 Å². The second kappa shape index (κ2) is 4.37. The van der Waals surface area contributed by atoms with Crippen LogP contribution in [0.1, 0.15) is 5.56 Å². The van der Waals surface area contributed by atoms with Crippen molar-refractivity contribution in [3.63, 3.8) is 0 Å². The summed E-state index contributed by atoms with van der Waals surface area (Å²) in [5.41, 5.74) is 2.81. The Morgan fingerprint density at radius 1 is 1.38 bits per heavy atom. The van der Waals surface area contributed by atoms with Crippen LogP contribution >= 0.6 is 0 Å². The van der Waals surface area contributed by atoms with Gasteiger partial charge in [-0.2, -0.15) is 5.10 Å². The molecule has 84 valence electrons. The molecule has 0 aliphatic carbocycles. The van der Waals surface area contributed by atoms with Crippen LogP contribution in [0.25, 0.3) is 11.3 Å². The van der Waals surface area contributed by atoms with E-state index in [-0.39, 0.29) is 6.61 Å². The first-order valence-electron chi connectivity index (χ1n) is 5.02. The number of aromatic nitrogens is 2. The van der Waals surface area contributed by atoms with E-state index in [4.69, 9.17) is 4.74 Å².